The third-order valence-corrected chi connectivity index (χ3v) is 7.62. The van der Waals surface area contributed by atoms with Gasteiger partial charge in [0.1, 0.15) is 0 Å². The minimum atomic E-state index is -3.67. The Morgan fingerprint density at radius 2 is 1.49 bits per heavy atom. The molecule has 198 valence electrons. The van der Waals surface area contributed by atoms with Gasteiger partial charge in [0.25, 0.3) is 0 Å². The number of hydrogen-bond acceptors (Lipinski definition) is 6. The highest BCUT2D eigenvalue weighted by Gasteiger charge is 2.19. The highest BCUT2D eigenvalue weighted by Crippen LogP contribution is 2.38. The number of ether oxygens (including phenoxy) is 3. The van der Waals surface area contributed by atoms with Gasteiger partial charge in [-0.05, 0) is 54.3 Å². The second-order valence-corrected chi connectivity index (χ2v) is 10.4. The van der Waals surface area contributed by atoms with Crippen molar-refractivity contribution in [2.45, 2.75) is 37.2 Å². The van der Waals surface area contributed by atoms with Gasteiger partial charge in [-0.25, -0.2) is 13.1 Å². The molecule has 0 aliphatic heterocycles. The second kappa shape index (κ2) is 12.6. The van der Waals surface area contributed by atoms with Crippen LogP contribution in [-0.2, 0) is 27.8 Å². The molecular formula is C28H34N2O6S. The molecule has 3 aromatic rings. The fourth-order valence-corrected chi connectivity index (χ4v) is 5.21. The second-order valence-electron chi connectivity index (χ2n) is 8.68. The number of benzene rings is 3. The quantitative estimate of drug-likeness (QED) is 0.377. The van der Waals surface area contributed by atoms with Crippen molar-refractivity contribution in [2.24, 2.45) is 0 Å². The molecule has 3 rings (SSSR count). The molecule has 1 N–H and O–H groups in total. The SMILES string of the molecule is COc1cc(CN(C)C(=O)CCc2ccc(S(=O)(=O)N[C@@H](C)c3ccccc3)cc2)cc(OC)c1OC. The molecule has 0 saturated heterocycles. The van der Waals surface area contributed by atoms with Gasteiger partial charge in [-0.3, -0.25) is 4.79 Å². The number of methoxy groups -OCH3 is 3. The van der Waals surface area contributed by atoms with Crippen LogP contribution in [-0.4, -0.2) is 47.6 Å². The van der Waals surface area contributed by atoms with Crippen molar-refractivity contribution in [3.8, 4) is 17.2 Å². The average Bonchev–Trinajstić information content (AvgIpc) is 2.91. The Kier molecular flexibility index (Phi) is 9.54. The third kappa shape index (κ3) is 7.24. The van der Waals surface area contributed by atoms with Crippen LogP contribution in [0.4, 0.5) is 0 Å². The Labute approximate surface area is 219 Å². The van der Waals surface area contributed by atoms with Crippen molar-refractivity contribution in [3.05, 3.63) is 83.4 Å². The maximum Gasteiger partial charge on any atom is 0.241 e. The first-order valence-corrected chi connectivity index (χ1v) is 13.4. The number of carbonyl (C=O) groups is 1. The smallest absolute Gasteiger partial charge is 0.241 e. The van der Waals surface area contributed by atoms with Gasteiger partial charge < -0.3 is 19.1 Å². The van der Waals surface area contributed by atoms with Gasteiger partial charge in [0.2, 0.25) is 21.7 Å². The van der Waals surface area contributed by atoms with E-state index in [1.807, 2.05) is 49.4 Å². The van der Waals surface area contributed by atoms with Gasteiger partial charge in [0, 0.05) is 26.1 Å². The number of aryl methyl sites for hydroxylation is 1. The van der Waals surface area contributed by atoms with Crippen LogP contribution in [0.3, 0.4) is 0 Å². The molecule has 0 heterocycles. The lowest BCUT2D eigenvalue weighted by atomic mass is 10.1. The van der Waals surface area contributed by atoms with Crippen molar-refractivity contribution in [3.63, 3.8) is 0 Å². The average molecular weight is 527 g/mol. The highest BCUT2D eigenvalue weighted by atomic mass is 32.2. The molecule has 0 aliphatic rings. The van der Waals surface area contributed by atoms with Crippen LogP contribution in [0.25, 0.3) is 0 Å². The summed E-state index contributed by atoms with van der Waals surface area (Å²) in [5.74, 6) is 1.52. The number of carbonyl (C=O) groups excluding carboxylic acids is 1. The van der Waals surface area contributed by atoms with Crippen LogP contribution in [0.5, 0.6) is 17.2 Å². The molecule has 0 saturated carbocycles. The molecule has 9 heteroatoms. The topological polar surface area (TPSA) is 94.2 Å². The van der Waals surface area contributed by atoms with Crippen LogP contribution in [0.15, 0.2) is 71.6 Å². The van der Waals surface area contributed by atoms with Gasteiger partial charge in [0.05, 0.1) is 26.2 Å². The summed E-state index contributed by atoms with van der Waals surface area (Å²) in [6.45, 7) is 2.18. The first-order valence-electron chi connectivity index (χ1n) is 11.9. The van der Waals surface area contributed by atoms with E-state index in [-0.39, 0.29) is 23.3 Å². The zero-order chi connectivity index (χ0) is 27.0. The lowest BCUT2D eigenvalue weighted by molar-refractivity contribution is -0.130. The molecule has 0 bridgehead atoms. The molecule has 8 nitrogen and oxygen atoms in total. The molecule has 0 radical (unpaired) electrons. The van der Waals surface area contributed by atoms with Gasteiger partial charge in [-0.15, -0.1) is 0 Å². The van der Waals surface area contributed by atoms with Crippen molar-refractivity contribution >= 4 is 15.9 Å². The fraction of sp³-hybridized carbons (Fsp3) is 0.321. The van der Waals surface area contributed by atoms with Gasteiger partial charge in [-0.1, -0.05) is 42.5 Å². The first kappa shape index (κ1) is 28.0. The standard InChI is InChI=1S/C28H34N2O6S/c1-20(23-9-7-6-8-10-23)29-37(32,33)24-14-11-21(12-15-24)13-16-27(31)30(2)19-22-17-25(34-3)28(36-5)26(18-22)35-4/h6-12,14-15,17-18,20,29H,13,16,19H2,1-5H3/t20-/m0/s1. The molecular weight excluding hydrogens is 492 g/mol. The minimum absolute atomic E-state index is 0.0381. The van der Waals surface area contributed by atoms with E-state index in [0.29, 0.717) is 30.2 Å². The third-order valence-electron chi connectivity index (χ3n) is 6.06. The van der Waals surface area contributed by atoms with Crippen LogP contribution >= 0.6 is 0 Å². The molecule has 0 aromatic heterocycles. The largest absolute Gasteiger partial charge is 0.493 e. The van der Waals surface area contributed by atoms with E-state index < -0.39 is 10.0 Å². The number of sulfonamides is 1. The van der Waals surface area contributed by atoms with Crippen LogP contribution < -0.4 is 18.9 Å². The van der Waals surface area contributed by atoms with Crippen molar-refractivity contribution in [2.75, 3.05) is 28.4 Å². The zero-order valence-corrected chi connectivity index (χ0v) is 22.7. The fourth-order valence-electron chi connectivity index (χ4n) is 3.98. The molecule has 1 amide bonds. The molecule has 0 aliphatic carbocycles. The molecule has 3 aromatic carbocycles. The van der Waals surface area contributed by atoms with E-state index in [0.717, 1.165) is 16.7 Å². The summed E-state index contributed by atoms with van der Waals surface area (Å²) in [7, 11) is 2.70. The lowest BCUT2D eigenvalue weighted by Crippen LogP contribution is -2.27. The van der Waals surface area contributed by atoms with Crippen molar-refractivity contribution in [1.82, 2.24) is 9.62 Å². The number of nitrogens with zero attached hydrogens (tertiary/aromatic N) is 1. The maximum absolute atomic E-state index is 12.8. The Morgan fingerprint density at radius 3 is 2.03 bits per heavy atom. The molecule has 0 fully saturated rings. The summed E-state index contributed by atoms with van der Waals surface area (Å²) in [6, 6.07) is 19.3. The van der Waals surface area contributed by atoms with Crippen LogP contribution in [0.1, 0.15) is 36.1 Å². The predicted octanol–water partition coefficient (Wildman–Crippen LogP) is 4.34. The number of rotatable bonds is 12. The maximum atomic E-state index is 12.8. The number of amides is 1. The summed E-state index contributed by atoms with van der Waals surface area (Å²) >= 11 is 0. The Balaban J connectivity index is 1.58. The number of hydrogen-bond donors (Lipinski definition) is 1. The predicted molar refractivity (Wildman–Crippen MR) is 143 cm³/mol. The lowest BCUT2D eigenvalue weighted by Gasteiger charge is -2.20. The minimum Gasteiger partial charge on any atom is -0.493 e. The molecule has 37 heavy (non-hydrogen) atoms. The van der Waals surface area contributed by atoms with Gasteiger partial charge in [0.15, 0.2) is 11.5 Å². The summed E-state index contributed by atoms with van der Waals surface area (Å²) in [4.78, 5) is 14.6. The number of nitrogens with one attached hydrogen (secondary N) is 1. The summed E-state index contributed by atoms with van der Waals surface area (Å²) in [5.41, 5.74) is 2.61. The van der Waals surface area contributed by atoms with E-state index in [9.17, 15) is 13.2 Å². The monoisotopic (exact) mass is 526 g/mol. The summed E-state index contributed by atoms with van der Waals surface area (Å²) in [5, 5.41) is 0. The van der Waals surface area contributed by atoms with E-state index in [1.165, 1.54) is 0 Å². The summed E-state index contributed by atoms with van der Waals surface area (Å²) in [6.07, 6.45) is 0.781. The Morgan fingerprint density at radius 1 is 0.892 bits per heavy atom. The van der Waals surface area contributed by atoms with E-state index in [4.69, 9.17) is 14.2 Å². The van der Waals surface area contributed by atoms with Crippen molar-refractivity contribution < 1.29 is 27.4 Å². The van der Waals surface area contributed by atoms with E-state index in [2.05, 4.69) is 4.72 Å². The molecule has 1 atom stereocenters. The summed E-state index contributed by atoms with van der Waals surface area (Å²) < 4.78 is 44.4. The van der Waals surface area contributed by atoms with Crippen LogP contribution in [0.2, 0.25) is 0 Å². The van der Waals surface area contributed by atoms with E-state index in [1.54, 1.807) is 57.5 Å². The van der Waals surface area contributed by atoms with Crippen LogP contribution in [0, 0.1) is 0 Å². The normalized spacial score (nSPS) is 12.0. The molecule has 0 unspecified atom stereocenters. The van der Waals surface area contributed by atoms with E-state index >= 15 is 0 Å². The van der Waals surface area contributed by atoms with Crippen molar-refractivity contribution in [1.29, 1.82) is 0 Å². The first-order chi connectivity index (χ1) is 17.7. The van der Waals surface area contributed by atoms with Gasteiger partial charge in [-0.2, -0.15) is 0 Å². The Hall–Kier alpha value is -3.56. The highest BCUT2D eigenvalue weighted by molar-refractivity contribution is 7.89. The van der Waals surface area contributed by atoms with Gasteiger partial charge >= 0.3 is 0 Å². The Bertz CT molecular complexity index is 1270. The molecule has 0 spiro atoms. The zero-order valence-electron chi connectivity index (χ0n) is 21.9.